The molecule has 0 amide bonds. The standard InChI is InChI=1S/C17H21BrN4/c1-4-5-6-13(16-17(19)20-10-15(18)22-16)21-14-9-11(2)7-8-12(14)3/h7-10H,4-6H2,1-3H3,(H2,19,20). The molecule has 0 aliphatic heterocycles. The van der Waals surface area contributed by atoms with Crippen LogP contribution in [0.4, 0.5) is 11.5 Å². The minimum Gasteiger partial charge on any atom is -0.382 e. The molecule has 4 nitrogen and oxygen atoms in total. The van der Waals surface area contributed by atoms with Gasteiger partial charge in [-0.15, -0.1) is 0 Å². The second-order valence-electron chi connectivity index (χ2n) is 5.38. The van der Waals surface area contributed by atoms with Crippen molar-refractivity contribution in [2.24, 2.45) is 4.99 Å². The van der Waals surface area contributed by atoms with Crippen molar-refractivity contribution < 1.29 is 0 Å². The summed E-state index contributed by atoms with van der Waals surface area (Å²) in [6.45, 7) is 6.29. The molecule has 0 radical (unpaired) electrons. The van der Waals surface area contributed by atoms with Gasteiger partial charge >= 0.3 is 0 Å². The lowest BCUT2D eigenvalue weighted by Gasteiger charge is -2.10. The van der Waals surface area contributed by atoms with Crippen molar-refractivity contribution in [3.8, 4) is 0 Å². The highest BCUT2D eigenvalue weighted by Gasteiger charge is 2.12. The van der Waals surface area contributed by atoms with E-state index in [0.717, 1.165) is 36.2 Å². The van der Waals surface area contributed by atoms with Crippen molar-refractivity contribution in [1.29, 1.82) is 0 Å². The first-order valence-electron chi connectivity index (χ1n) is 7.44. The smallest absolute Gasteiger partial charge is 0.151 e. The number of hydrogen-bond acceptors (Lipinski definition) is 4. The second kappa shape index (κ2) is 7.49. The van der Waals surface area contributed by atoms with Gasteiger partial charge in [-0.1, -0.05) is 25.5 Å². The molecule has 1 heterocycles. The SMILES string of the molecule is CCCCC(=Nc1cc(C)ccc1C)c1nc(Br)cnc1N. The summed E-state index contributed by atoms with van der Waals surface area (Å²) in [6.07, 6.45) is 4.57. The maximum absolute atomic E-state index is 6.01. The van der Waals surface area contributed by atoms with Gasteiger partial charge in [-0.2, -0.15) is 0 Å². The lowest BCUT2D eigenvalue weighted by Crippen LogP contribution is -2.10. The van der Waals surface area contributed by atoms with Crippen LogP contribution in [0, 0.1) is 13.8 Å². The first-order chi connectivity index (χ1) is 10.5. The Morgan fingerprint density at radius 3 is 2.82 bits per heavy atom. The molecule has 2 rings (SSSR count). The lowest BCUT2D eigenvalue weighted by molar-refractivity contribution is 0.833. The zero-order valence-corrected chi connectivity index (χ0v) is 14.8. The highest BCUT2D eigenvalue weighted by atomic mass is 79.9. The van der Waals surface area contributed by atoms with Crippen LogP contribution < -0.4 is 5.73 Å². The van der Waals surface area contributed by atoms with Crippen molar-refractivity contribution in [2.75, 3.05) is 5.73 Å². The van der Waals surface area contributed by atoms with Gasteiger partial charge in [0.1, 0.15) is 10.3 Å². The van der Waals surface area contributed by atoms with Crippen LogP contribution >= 0.6 is 15.9 Å². The van der Waals surface area contributed by atoms with E-state index in [4.69, 9.17) is 10.7 Å². The van der Waals surface area contributed by atoms with Crippen molar-refractivity contribution in [3.63, 3.8) is 0 Å². The second-order valence-corrected chi connectivity index (χ2v) is 6.19. The summed E-state index contributed by atoms with van der Waals surface area (Å²) in [5.41, 5.74) is 10.9. The third kappa shape index (κ3) is 4.13. The van der Waals surface area contributed by atoms with Crippen molar-refractivity contribution in [2.45, 2.75) is 40.0 Å². The molecular formula is C17H21BrN4. The first kappa shape index (κ1) is 16.6. The van der Waals surface area contributed by atoms with Gasteiger partial charge in [0, 0.05) is 0 Å². The van der Waals surface area contributed by atoms with Crippen LogP contribution in [-0.2, 0) is 0 Å². The normalized spacial score (nSPS) is 11.7. The van der Waals surface area contributed by atoms with Crippen molar-refractivity contribution in [3.05, 3.63) is 45.8 Å². The van der Waals surface area contributed by atoms with E-state index in [1.165, 1.54) is 5.56 Å². The Morgan fingerprint density at radius 2 is 2.09 bits per heavy atom. The molecule has 0 saturated heterocycles. The maximum atomic E-state index is 6.01. The van der Waals surface area contributed by atoms with Gasteiger partial charge in [0.15, 0.2) is 5.82 Å². The summed E-state index contributed by atoms with van der Waals surface area (Å²) in [4.78, 5) is 13.5. The van der Waals surface area contributed by atoms with E-state index in [1.54, 1.807) is 6.20 Å². The van der Waals surface area contributed by atoms with Gasteiger partial charge in [0.2, 0.25) is 0 Å². The number of nitrogens with zero attached hydrogens (tertiary/aromatic N) is 3. The summed E-state index contributed by atoms with van der Waals surface area (Å²) in [6, 6.07) is 6.26. The van der Waals surface area contributed by atoms with Crippen LogP contribution in [0.3, 0.4) is 0 Å². The van der Waals surface area contributed by atoms with E-state index >= 15 is 0 Å². The molecule has 0 spiro atoms. The van der Waals surface area contributed by atoms with E-state index in [1.807, 2.05) is 0 Å². The van der Waals surface area contributed by atoms with Crippen LogP contribution in [0.25, 0.3) is 0 Å². The van der Waals surface area contributed by atoms with Crippen LogP contribution in [0.15, 0.2) is 34.0 Å². The minimum absolute atomic E-state index is 0.420. The Morgan fingerprint density at radius 1 is 1.32 bits per heavy atom. The van der Waals surface area contributed by atoms with Gasteiger partial charge in [0.25, 0.3) is 0 Å². The molecule has 2 aromatic rings. The van der Waals surface area contributed by atoms with Gasteiger partial charge < -0.3 is 5.73 Å². The number of anilines is 1. The molecule has 0 fully saturated rings. The van der Waals surface area contributed by atoms with Crippen LogP contribution in [0.1, 0.15) is 43.0 Å². The molecule has 0 aliphatic carbocycles. The zero-order valence-electron chi connectivity index (χ0n) is 13.2. The molecule has 0 saturated carbocycles. The number of nitrogen functional groups attached to an aromatic ring is 1. The fourth-order valence-electron chi connectivity index (χ4n) is 2.15. The van der Waals surface area contributed by atoms with Crippen LogP contribution in [0.2, 0.25) is 0 Å². The molecule has 5 heteroatoms. The Hall–Kier alpha value is -1.75. The number of aryl methyl sites for hydroxylation is 2. The maximum Gasteiger partial charge on any atom is 0.151 e. The molecule has 0 bridgehead atoms. The third-order valence-electron chi connectivity index (χ3n) is 3.43. The number of unbranched alkanes of at least 4 members (excludes halogenated alkanes) is 1. The topological polar surface area (TPSA) is 64.2 Å². The van der Waals surface area contributed by atoms with Crippen LogP contribution in [-0.4, -0.2) is 15.7 Å². The number of aromatic nitrogens is 2. The average Bonchev–Trinajstić information content (AvgIpc) is 2.49. The summed E-state index contributed by atoms with van der Waals surface area (Å²) >= 11 is 3.36. The number of halogens is 1. The molecule has 116 valence electrons. The highest BCUT2D eigenvalue weighted by molar-refractivity contribution is 9.10. The van der Waals surface area contributed by atoms with Crippen LogP contribution in [0.5, 0.6) is 0 Å². The van der Waals surface area contributed by atoms with E-state index in [-0.39, 0.29) is 0 Å². The fraction of sp³-hybridized carbons (Fsp3) is 0.353. The number of hydrogen-bond donors (Lipinski definition) is 1. The van der Waals surface area contributed by atoms with E-state index < -0.39 is 0 Å². The molecule has 22 heavy (non-hydrogen) atoms. The molecule has 1 aromatic carbocycles. The summed E-state index contributed by atoms with van der Waals surface area (Å²) in [7, 11) is 0. The highest BCUT2D eigenvalue weighted by Crippen LogP contribution is 2.23. The molecule has 1 aromatic heterocycles. The molecule has 2 N–H and O–H groups in total. The Balaban J connectivity index is 2.51. The summed E-state index contributed by atoms with van der Waals surface area (Å²) in [5.74, 6) is 0.420. The number of aliphatic imine (C=N–C) groups is 1. The van der Waals surface area contributed by atoms with Gasteiger partial charge in [-0.25, -0.2) is 9.97 Å². The predicted octanol–water partition coefficient (Wildman–Crippen LogP) is 4.75. The molecular weight excluding hydrogens is 340 g/mol. The fourth-order valence-corrected chi connectivity index (χ4v) is 2.43. The molecule has 0 aliphatic rings. The van der Waals surface area contributed by atoms with Gasteiger partial charge in [0.05, 0.1) is 17.6 Å². The summed E-state index contributed by atoms with van der Waals surface area (Å²) in [5, 5.41) is 0. The number of benzene rings is 1. The zero-order chi connectivity index (χ0) is 16.1. The monoisotopic (exact) mass is 360 g/mol. The Bertz CT molecular complexity index is 695. The van der Waals surface area contributed by atoms with E-state index in [2.05, 4.69) is 64.9 Å². The Kier molecular flexibility index (Phi) is 5.66. The number of rotatable bonds is 5. The van der Waals surface area contributed by atoms with Gasteiger partial charge in [-0.05, 0) is 59.8 Å². The lowest BCUT2D eigenvalue weighted by atomic mass is 10.1. The Labute approximate surface area is 140 Å². The largest absolute Gasteiger partial charge is 0.382 e. The minimum atomic E-state index is 0.420. The molecule has 0 unspecified atom stereocenters. The van der Waals surface area contributed by atoms with E-state index in [9.17, 15) is 0 Å². The van der Waals surface area contributed by atoms with Gasteiger partial charge in [-0.3, -0.25) is 4.99 Å². The first-order valence-corrected chi connectivity index (χ1v) is 8.23. The average molecular weight is 361 g/mol. The third-order valence-corrected chi connectivity index (χ3v) is 3.81. The van der Waals surface area contributed by atoms with Crippen molar-refractivity contribution >= 4 is 33.1 Å². The van der Waals surface area contributed by atoms with Crippen molar-refractivity contribution in [1.82, 2.24) is 9.97 Å². The molecule has 0 atom stereocenters. The predicted molar refractivity (Wildman–Crippen MR) is 95.8 cm³/mol. The van der Waals surface area contributed by atoms with E-state index in [0.29, 0.717) is 16.1 Å². The summed E-state index contributed by atoms with van der Waals surface area (Å²) < 4.78 is 0.668. The number of nitrogens with two attached hydrogens (primary N) is 1. The quantitative estimate of drug-likeness (QED) is 0.782.